The number of ether oxygens (including phenoxy) is 2. The van der Waals surface area contributed by atoms with Gasteiger partial charge in [0.15, 0.2) is 11.5 Å². The Labute approximate surface area is 240 Å². The molecule has 1 heterocycles. The van der Waals surface area contributed by atoms with E-state index in [1.165, 1.54) is 36.7 Å². The minimum Gasteiger partial charge on any atom is -0.493 e. The van der Waals surface area contributed by atoms with Crippen molar-refractivity contribution in [3.05, 3.63) is 90.2 Å². The van der Waals surface area contributed by atoms with Crippen molar-refractivity contribution >= 4 is 26.9 Å². The van der Waals surface area contributed by atoms with Crippen LogP contribution in [0.5, 0.6) is 11.5 Å². The van der Waals surface area contributed by atoms with Gasteiger partial charge in [-0.05, 0) is 54.3 Å². The van der Waals surface area contributed by atoms with Gasteiger partial charge < -0.3 is 24.3 Å². The molecule has 2 N–H and O–H groups in total. The van der Waals surface area contributed by atoms with E-state index in [1.54, 1.807) is 30.5 Å². The lowest BCUT2D eigenvalue weighted by molar-refractivity contribution is 0.0776. The van der Waals surface area contributed by atoms with Crippen molar-refractivity contribution in [3.63, 3.8) is 0 Å². The number of aliphatic hydroxyl groups is 1. The predicted molar refractivity (Wildman–Crippen MR) is 157 cm³/mol. The van der Waals surface area contributed by atoms with E-state index in [9.17, 15) is 18.3 Å². The summed E-state index contributed by atoms with van der Waals surface area (Å²) < 4.78 is 44.8. The largest absolute Gasteiger partial charge is 0.493 e. The SMILES string of the molecule is COc1ccc(S(=O)(=O)N(CC(C)C)C[C@@H](O)[C@H](Cc2ccccc2)NC(=O)c2ccc3occc3c2)cc1OC. The number of fused-ring (bicyclic) bond motifs is 1. The number of nitrogens with zero attached hydrogens (tertiary/aromatic N) is 1. The van der Waals surface area contributed by atoms with Gasteiger partial charge in [-0.3, -0.25) is 4.79 Å². The molecule has 0 unspecified atom stereocenters. The van der Waals surface area contributed by atoms with E-state index in [4.69, 9.17) is 13.9 Å². The molecule has 4 aromatic rings. The molecule has 0 aliphatic rings. The predicted octanol–water partition coefficient (Wildman–Crippen LogP) is 4.50. The second-order valence-corrected chi connectivity index (χ2v) is 12.2. The Morgan fingerprint density at radius 1 is 0.951 bits per heavy atom. The molecule has 0 saturated carbocycles. The molecular formula is C31H36N2O7S. The first-order valence-electron chi connectivity index (χ1n) is 13.3. The average molecular weight is 581 g/mol. The molecular weight excluding hydrogens is 544 g/mol. The third kappa shape index (κ3) is 7.27. The molecule has 4 rings (SSSR count). The first-order valence-corrected chi connectivity index (χ1v) is 14.8. The van der Waals surface area contributed by atoms with Crippen molar-refractivity contribution in [2.24, 2.45) is 5.92 Å². The summed E-state index contributed by atoms with van der Waals surface area (Å²) in [5, 5.41) is 15.2. The summed E-state index contributed by atoms with van der Waals surface area (Å²) in [6.45, 7) is 3.74. The molecule has 0 saturated heterocycles. The number of amides is 1. The van der Waals surface area contributed by atoms with Gasteiger partial charge in [-0.15, -0.1) is 0 Å². The number of furan rings is 1. The molecule has 0 aliphatic heterocycles. The van der Waals surface area contributed by atoms with E-state index in [0.29, 0.717) is 23.3 Å². The summed E-state index contributed by atoms with van der Waals surface area (Å²) in [5.74, 6) is 0.274. The van der Waals surface area contributed by atoms with Crippen LogP contribution >= 0.6 is 0 Å². The molecule has 41 heavy (non-hydrogen) atoms. The van der Waals surface area contributed by atoms with Crippen molar-refractivity contribution in [1.82, 2.24) is 9.62 Å². The van der Waals surface area contributed by atoms with Crippen molar-refractivity contribution in [1.29, 1.82) is 0 Å². The summed E-state index contributed by atoms with van der Waals surface area (Å²) >= 11 is 0. The van der Waals surface area contributed by atoms with Crippen LogP contribution in [-0.2, 0) is 16.4 Å². The van der Waals surface area contributed by atoms with E-state index in [2.05, 4.69) is 5.32 Å². The molecule has 0 aliphatic carbocycles. The molecule has 9 nitrogen and oxygen atoms in total. The van der Waals surface area contributed by atoms with Gasteiger partial charge >= 0.3 is 0 Å². The summed E-state index contributed by atoms with van der Waals surface area (Å²) in [6.07, 6.45) is 0.634. The van der Waals surface area contributed by atoms with Crippen LogP contribution in [0.25, 0.3) is 11.0 Å². The number of methoxy groups -OCH3 is 2. The maximum absolute atomic E-state index is 13.8. The van der Waals surface area contributed by atoms with Gasteiger partial charge in [-0.1, -0.05) is 44.2 Å². The topological polar surface area (TPSA) is 118 Å². The summed E-state index contributed by atoms with van der Waals surface area (Å²) in [6, 6.07) is 19.9. The van der Waals surface area contributed by atoms with E-state index >= 15 is 0 Å². The van der Waals surface area contributed by atoms with Gasteiger partial charge in [-0.25, -0.2) is 8.42 Å². The monoisotopic (exact) mass is 580 g/mol. The fourth-order valence-electron chi connectivity index (χ4n) is 4.65. The molecule has 10 heteroatoms. The third-order valence-electron chi connectivity index (χ3n) is 6.75. The number of carbonyl (C=O) groups excluding carboxylic acids is 1. The van der Waals surface area contributed by atoms with E-state index in [-0.39, 0.29) is 35.6 Å². The van der Waals surface area contributed by atoms with Crippen molar-refractivity contribution in [2.45, 2.75) is 37.3 Å². The summed E-state index contributed by atoms with van der Waals surface area (Å²) in [4.78, 5) is 13.3. The first kappa shape index (κ1) is 30.1. The highest BCUT2D eigenvalue weighted by atomic mass is 32.2. The molecule has 0 fully saturated rings. The van der Waals surface area contributed by atoms with Crippen LogP contribution in [0.15, 0.2) is 88.4 Å². The highest BCUT2D eigenvalue weighted by Crippen LogP contribution is 2.31. The van der Waals surface area contributed by atoms with Crippen LogP contribution in [0.4, 0.5) is 0 Å². The van der Waals surface area contributed by atoms with Gasteiger partial charge in [0.2, 0.25) is 10.0 Å². The maximum Gasteiger partial charge on any atom is 0.251 e. The lowest BCUT2D eigenvalue weighted by Gasteiger charge is -2.31. The molecule has 2 atom stereocenters. The maximum atomic E-state index is 13.8. The highest BCUT2D eigenvalue weighted by Gasteiger charge is 2.32. The first-order chi connectivity index (χ1) is 19.6. The molecule has 218 valence electrons. The average Bonchev–Trinajstić information content (AvgIpc) is 3.44. The zero-order chi connectivity index (χ0) is 29.6. The lowest BCUT2D eigenvalue weighted by Crippen LogP contribution is -2.51. The zero-order valence-corrected chi connectivity index (χ0v) is 24.4. The molecule has 0 spiro atoms. The summed E-state index contributed by atoms with van der Waals surface area (Å²) in [5.41, 5.74) is 1.95. The Kier molecular flexibility index (Phi) is 9.69. The standard InChI is InChI=1S/C31H36N2O7S/c1-21(2)19-33(41(36,37)25-11-13-29(38-3)30(18-25)39-4)20-27(34)26(16-22-8-6-5-7-9-22)32-31(35)24-10-12-28-23(17-24)14-15-40-28/h5-15,17-18,21,26-27,34H,16,19-20H2,1-4H3,(H,32,35)/t26-,27+/m0/s1. The Bertz CT molecular complexity index is 1570. The molecule has 1 amide bonds. The number of rotatable bonds is 13. The van der Waals surface area contributed by atoms with Gasteiger partial charge in [-0.2, -0.15) is 4.31 Å². The van der Waals surface area contributed by atoms with Crippen LogP contribution in [-0.4, -0.2) is 63.2 Å². The van der Waals surface area contributed by atoms with Gasteiger partial charge in [0.25, 0.3) is 5.91 Å². The van der Waals surface area contributed by atoms with Crippen LogP contribution < -0.4 is 14.8 Å². The quantitative estimate of drug-likeness (QED) is 0.239. The highest BCUT2D eigenvalue weighted by molar-refractivity contribution is 7.89. The van der Waals surface area contributed by atoms with Crippen LogP contribution in [0.2, 0.25) is 0 Å². The minimum atomic E-state index is -4.04. The molecule has 0 radical (unpaired) electrons. The number of benzene rings is 3. The van der Waals surface area contributed by atoms with Crippen LogP contribution in [0.1, 0.15) is 29.8 Å². The Hall–Kier alpha value is -3.86. The Morgan fingerprint density at radius 2 is 1.68 bits per heavy atom. The van der Waals surface area contributed by atoms with Crippen molar-refractivity contribution in [3.8, 4) is 11.5 Å². The number of hydrogen-bond donors (Lipinski definition) is 2. The van der Waals surface area contributed by atoms with E-state index in [0.717, 1.165) is 10.9 Å². The number of nitrogens with one attached hydrogen (secondary N) is 1. The Balaban J connectivity index is 1.62. The second kappa shape index (κ2) is 13.2. The van der Waals surface area contributed by atoms with Gasteiger partial charge in [0.05, 0.1) is 37.5 Å². The van der Waals surface area contributed by atoms with Gasteiger partial charge in [0.1, 0.15) is 5.58 Å². The van der Waals surface area contributed by atoms with Crippen molar-refractivity contribution < 1.29 is 32.2 Å². The molecule has 3 aromatic carbocycles. The van der Waals surface area contributed by atoms with E-state index < -0.39 is 22.2 Å². The smallest absolute Gasteiger partial charge is 0.251 e. The Morgan fingerprint density at radius 3 is 2.37 bits per heavy atom. The number of hydrogen-bond acceptors (Lipinski definition) is 7. The minimum absolute atomic E-state index is 0.0139. The fraction of sp³-hybridized carbons (Fsp3) is 0.323. The number of sulfonamides is 1. The van der Waals surface area contributed by atoms with Gasteiger partial charge in [0, 0.05) is 30.1 Å². The lowest BCUT2D eigenvalue weighted by atomic mass is 10.00. The third-order valence-corrected chi connectivity index (χ3v) is 8.57. The summed E-state index contributed by atoms with van der Waals surface area (Å²) in [7, 11) is -1.13. The molecule has 0 bridgehead atoms. The number of carbonyl (C=O) groups is 1. The van der Waals surface area contributed by atoms with Crippen LogP contribution in [0.3, 0.4) is 0 Å². The van der Waals surface area contributed by atoms with Crippen LogP contribution in [0, 0.1) is 5.92 Å². The second-order valence-electron chi connectivity index (χ2n) is 10.2. The zero-order valence-electron chi connectivity index (χ0n) is 23.6. The van der Waals surface area contributed by atoms with Crippen molar-refractivity contribution in [2.75, 3.05) is 27.3 Å². The molecule has 1 aromatic heterocycles. The fourth-order valence-corrected chi connectivity index (χ4v) is 6.29. The van der Waals surface area contributed by atoms with E-state index in [1.807, 2.05) is 44.2 Å². The normalized spacial score (nSPS) is 13.3. The number of aliphatic hydroxyl groups excluding tert-OH is 1.